The van der Waals surface area contributed by atoms with E-state index in [9.17, 15) is 9.59 Å². The van der Waals surface area contributed by atoms with Gasteiger partial charge in [0.25, 0.3) is 0 Å². The molecule has 1 aromatic carbocycles. The van der Waals surface area contributed by atoms with Crippen molar-refractivity contribution >= 4 is 11.9 Å². The molecule has 3 nitrogen and oxygen atoms in total. The molecule has 1 rings (SSSR count). The Bertz CT molecular complexity index is 474. The van der Waals surface area contributed by atoms with Crippen LogP contribution in [0.3, 0.4) is 0 Å². The van der Waals surface area contributed by atoms with Crippen LogP contribution in [-0.2, 0) is 20.7 Å². The summed E-state index contributed by atoms with van der Waals surface area (Å²) in [6.45, 7) is 8.21. The Kier molecular flexibility index (Phi) is 7.86. The van der Waals surface area contributed by atoms with Crippen LogP contribution in [0.25, 0.3) is 0 Å². The number of hydrogen-bond donors (Lipinski definition) is 0. The summed E-state index contributed by atoms with van der Waals surface area (Å²) in [5.74, 6) is -0.683. The molecule has 0 radical (unpaired) electrons. The fraction of sp³-hybridized carbons (Fsp3) is 0.579. The van der Waals surface area contributed by atoms with Crippen molar-refractivity contribution < 1.29 is 14.3 Å². The Hall–Kier alpha value is -1.64. The van der Waals surface area contributed by atoms with E-state index in [-0.39, 0.29) is 0 Å². The van der Waals surface area contributed by atoms with Gasteiger partial charge in [-0.2, -0.15) is 0 Å². The van der Waals surface area contributed by atoms with Crippen LogP contribution in [0.2, 0.25) is 0 Å². The minimum absolute atomic E-state index is 0.319. The van der Waals surface area contributed by atoms with Crippen LogP contribution in [0.15, 0.2) is 24.3 Å². The third kappa shape index (κ3) is 6.42. The molecule has 1 aromatic rings. The maximum Gasteiger partial charge on any atom is 0.320 e. The molecule has 3 heteroatoms. The van der Waals surface area contributed by atoms with Gasteiger partial charge < -0.3 is 4.74 Å². The molecule has 0 bridgehead atoms. The predicted molar refractivity (Wildman–Crippen MR) is 88.6 cm³/mol. The molecule has 0 saturated heterocycles. The lowest BCUT2D eigenvalue weighted by atomic mass is 9.97. The predicted octanol–water partition coefficient (Wildman–Crippen LogP) is 4.64. The molecule has 0 amide bonds. The SMILES string of the molecule is CCCCCC(=O)OC(=O)C(C)c1ccc(CC(C)C)cc1. The van der Waals surface area contributed by atoms with Gasteiger partial charge in [-0.1, -0.05) is 57.9 Å². The van der Waals surface area contributed by atoms with Crippen LogP contribution in [0.1, 0.15) is 70.4 Å². The highest BCUT2D eigenvalue weighted by atomic mass is 16.6. The van der Waals surface area contributed by atoms with Crippen LogP contribution in [0.4, 0.5) is 0 Å². The van der Waals surface area contributed by atoms with E-state index in [4.69, 9.17) is 4.74 Å². The average molecular weight is 304 g/mol. The largest absolute Gasteiger partial charge is 0.393 e. The number of benzene rings is 1. The zero-order valence-electron chi connectivity index (χ0n) is 14.2. The van der Waals surface area contributed by atoms with E-state index >= 15 is 0 Å². The van der Waals surface area contributed by atoms with Gasteiger partial charge in [0.15, 0.2) is 0 Å². The molecule has 0 fully saturated rings. The maximum absolute atomic E-state index is 12.0. The van der Waals surface area contributed by atoms with E-state index in [0.29, 0.717) is 12.3 Å². The molecule has 22 heavy (non-hydrogen) atoms. The second kappa shape index (κ2) is 9.39. The smallest absolute Gasteiger partial charge is 0.320 e. The maximum atomic E-state index is 12.0. The third-order valence-electron chi connectivity index (χ3n) is 3.68. The van der Waals surface area contributed by atoms with E-state index < -0.39 is 17.9 Å². The van der Waals surface area contributed by atoms with Crippen LogP contribution >= 0.6 is 0 Å². The summed E-state index contributed by atoms with van der Waals surface area (Å²) in [7, 11) is 0. The lowest BCUT2D eigenvalue weighted by Gasteiger charge is -2.12. The summed E-state index contributed by atoms with van der Waals surface area (Å²) in [4.78, 5) is 23.6. The summed E-state index contributed by atoms with van der Waals surface area (Å²) in [5, 5.41) is 0. The lowest BCUT2D eigenvalue weighted by Crippen LogP contribution is -2.18. The molecule has 1 unspecified atom stereocenters. The van der Waals surface area contributed by atoms with Crippen molar-refractivity contribution in [3.63, 3.8) is 0 Å². The molecule has 0 saturated carbocycles. The van der Waals surface area contributed by atoms with Crippen molar-refractivity contribution in [3.05, 3.63) is 35.4 Å². The first-order valence-electron chi connectivity index (χ1n) is 8.27. The Balaban J connectivity index is 2.53. The lowest BCUT2D eigenvalue weighted by molar-refractivity contribution is -0.160. The van der Waals surface area contributed by atoms with Crippen LogP contribution < -0.4 is 0 Å². The Labute approximate surface area is 134 Å². The normalized spacial score (nSPS) is 12.2. The zero-order chi connectivity index (χ0) is 16.5. The highest BCUT2D eigenvalue weighted by Crippen LogP contribution is 2.19. The van der Waals surface area contributed by atoms with Gasteiger partial charge in [-0.25, -0.2) is 0 Å². The van der Waals surface area contributed by atoms with Gasteiger partial charge in [0.2, 0.25) is 0 Å². The monoisotopic (exact) mass is 304 g/mol. The summed E-state index contributed by atoms with van der Waals surface area (Å²) in [5.41, 5.74) is 2.15. The summed E-state index contributed by atoms with van der Waals surface area (Å²) in [6.07, 6.45) is 4.14. The number of esters is 2. The first-order valence-corrected chi connectivity index (χ1v) is 8.27. The summed E-state index contributed by atoms with van der Waals surface area (Å²) >= 11 is 0. The van der Waals surface area contributed by atoms with Gasteiger partial charge in [-0.05, 0) is 36.8 Å². The van der Waals surface area contributed by atoms with Gasteiger partial charge in [0.1, 0.15) is 0 Å². The molecule has 0 aromatic heterocycles. The van der Waals surface area contributed by atoms with Crippen molar-refractivity contribution in [2.75, 3.05) is 0 Å². The number of rotatable bonds is 8. The summed E-state index contributed by atoms with van der Waals surface area (Å²) < 4.78 is 4.93. The van der Waals surface area contributed by atoms with Gasteiger partial charge in [-0.15, -0.1) is 0 Å². The molecule has 0 aliphatic rings. The number of carbonyl (C=O) groups excluding carboxylic acids is 2. The third-order valence-corrected chi connectivity index (χ3v) is 3.68. The minimum atomic E-state index is -0.460. The summed E-state index contributed by atoms with van der Waals surface area (Å²) in [6, 6.07) is 7.99. The zero-order valence-corrected chi connectivity index (χ0v) is 14.2. The molecular weight excluding hydrogens is 276 g/mol. The van der Waals surface area contributed by atoms with Crippen LogP contribution in [0, 0.1) is 5.92 Å². The van der Waals surface area contributed by atoms with E-state index in [0.717, 1.165) is 31.2 Å². The molecule has 0 aliphatic carbocycles. The molecule has 122 valence electrons. The fourth-order valence-electron chi connectivity index (χ4n) is 2.32. The first kappa shape index (κ1) is 18.4. The van der Waals surface area contributed by atoms with E-state index in [1.807, 2.05) is 24.3 Å². The quantitative estimate of drug-likeness (QED) is 0.399. The highest BCUT2D eigenvalue weighted by Gasteiger charge is 2.19. The van der Waals surface area contributed by atoms with Crippen molar-refractivity contribution in [2.24, 2.45) is 5.92 Å². The first-order chi connectivity index (χ1) is 10.4. The second-order valence-corrected chi connectivity index (χ2v) is 6.31. The van der Waals surface area contributed by atoms with Crippen molar-refractivity contribution in [1.82, 2.24) is 0 Å². The van der Waals surface area contributed by atoms with Gasteiger partial charge in [0, 0.05) is 6.42 Å². The van der Waals surface area contributed by atoms with Gasteiger partial charge in [-0.3, -0.25) is 9.59 Å². The fourth-order valence-corrected chi connectivity index (χ4v) is 2.32. The number of ether oxygens (including phenoxy) is 1. The standard InChI is InChI=1S/C19H28O3/c1-5-6-7-8-18(20)22-19(21)15(4)17-11-9-16(10-12-17)13-14(2)3/h9-12,14-15H,5-8,13H2,1-4H3. The van der Waals surface area contributed by atoms with Crippen LogP contribution in [0.5, 0.6) is 0 Å². The highest BCUT2D eigenvalue weighted by molar-refractivity contribution is 5.89. The number of hydrogen-bond acceptors (Lipinski definition) is 3. The van der Waals surface area contributed by atoms with E-state index in [1.165, 1.54) is 5.56 Å². The van der Waals surface area contributed by atoms with Crippen molar-refractivity contribution in [3.8, 4) is 0 Å². The topological polar surface area (TPSA) is 43.4 Å². The van der Waals surface area contributed by atoms with Crippen molar-refractivity contribution in [1.29, 1.82) is 0 Å². The minimum Gasteiger partial charge on any atom is -0.393 e. The molecule has 0 spiro atoms. The van der Waals surface area contributed by atoms with Gasteiger partial charge in [0.05, 0.1) is 5.92 Å². The molecule has 0 aliphatic heterocycles. The second-order valence-electron chi connectivity index (χ2n) is 6.31. The Morgan fingerprint density at radius 2 is 1.68 bits per heavy atom. The molecule has 0 N–H and O–H groups in total. The number of unbranched alkanes of at least 4 members (excludes halogenated alkanes) is 2. The van der Waals surface area contributed by atoms with E-state index in [2.05, 4.69) is 20.8 Å². The Morgan fingerprint density at radius 1 is 1.05 bits per heavy atom. The molecule has 0 heterocycles. The number of carbonyl (C=O) groups is 2. The Morgan fingerprint density at radius 3 is 2.23 bits per heavy atom. The van der Waals surface area contributed by atoms with Gasteiger partial charge >= 0.3 is 11.9 Å². The molecule has 1 atom stereocenters. The van der Waals surface area contributed by atoms with E-state index in [1.54, 1.807) is 6.92 Å². The molecular formula is C19H28O3. The van der Waals surface area contributed by atoms with Crippen molar-refractivity contribution in [2.45, 2.75) is 65.7 Å². The average Bonchev–Trinajstić information content (AvgIpc) is 2.47. The van der Waals surface area contributed by atoms with Crippen LogP contribution in [-0.4, -0.2) is 11.9 Å².